The molecule has 3 rings (SSSR count). The smallest absolute Gasteiger partial charge is 0.219 e. The number of rotatable bonds is 2. The van der Waals surface area contributed by atoms with Crippen LogP contribution in [0.1, 0.15) is 12.5 Å². The number of carbonyl (C=O) groups excluding carboxylic acids is 1. The second-order valence-electron chi connectivity index (χ2n) is 5.58. The molecule has 0 atom stereocenters. The molecule has 1 saturated heterocycles. The molecule has 0 saturated carbocycles. The number of hydrogen-bond donors (Lipinski definition) is 1. The van der Waals surface area contributed by atoms with Crippen LogP contribution in [0.5, 0.6) is 0 Å². The maximum Gasteiger partial charge on any atom is 0.219 e. The Bertz CT molecular complexity index is 787. The number of amides is 1. The normalized spacial score (nSPS) is 14.7. The molecule has 0 aliphatic carbocycles. The van der Waals surface area contributed by atoms with Crippen molar-refractivity contribution in [3.05, 3.63) is 30.0 Å². The zero-order valence-corrected chi connectivity index (χ0v) is 13.3. The van der Waals surface area contributed by atoms with Gasteiger partial charge in [-0.3, -0.25) is 4.79 Å². The number of piperazine rings is 1. The summed E-state index contributed by atoms with van der Waals surface area (Å²) >= 11 is 0. The molecule has 1 amide bonds. The second-order valence-corrected chi connectivity index (χ2v) is 5.58. The number of benzene rings is 1. The maximum absolute atomic E-state index is 11.5. The number of pyridine rings is 1. The first-order valence-corrected chi connectivity index (χ1v) is 7.65. The summed E-state index contributed by atoms with van der Waals surface area (Å²) in [6.07, 6.45) is 1.80. The first kappa shape index (κ1) is 15.1. The summed E-state index contributed by atoms with van der Waals surface area (Å²) in [5, 5.41) is 14.5. The summed E-state index contributed by atoms with van der Waals surface area (Å²) in [4.78, 5) is 20.1. The largest absolute Gasteiger partial charge is 0.386 e. The van der Waals surface area contributed by atoms with Crippen molar-refractivity contribution in [2.24, 2.45) is 0 Å². The summed E-state index contributed by atoms with van der Waals surface area (Å²) in [5.74, 6) is 0.921. The van der Waals surface area contributed by atoms with E-state index in [0.29, 0.717) is 18.7 Å². The van der Waals surface area contributed by atoms with E-state index in [1.54, 1.807) is 13.1 Å². The van der Waals surface area contributed by atoms with Gasteiger partial charge in [0.2, 0.25) is 5.91 Å². The van der Waals surface area contributed by atoms with Crippen LogP contribution in [-0.4, -0.2) is 49.0 Å². The lowest BCUT2D eigenvalue weighted by Gasteiger charge is -2.35. The van der Waals surface area contributed by atoms with Crippen molar-refractivity contribution in [1.82, 2.24) is 9.88 Å². The van der Waals surface area contributed by atoms with Gasteiger partial charge in [0.1, 0.15) is 5.82 Å². The van der Waals surface area contributed by atoms with Crippen LogP contribution in [0.3, 0.4) is 0 Å². The highest BCUT2D eigenvalue weighted by Gasteiger charge is 2.22. The highest BCUT2D eigenvalue weighted by atomic mass is 16.2. The molecule has 2 heterocycles. The number of nitrogens with zero attached hydrogens (tertiary/aromatic N) is 4. The number of carbonyl (C=O) groups is 1. The van der Waals surface area contributed by atoms with Crippen LogP contribution >= 0.6 is 0 Å². The van der Waals surface area contributed by atoms with Gasteiger partial charge in [-0.2, -0.15) is 5.26 Å². The van der Waals surface area contributed by atoms with E-state index in [1.807, 2.05) is 30.1 Å². The van der Waals surface area contributed by atoms with Gasteiger partial charge in [0.05, 0.1) is 23.5 Å². The Morgan fingerprint density at radius 3 is 2.65 bits per heavy atom. The SMILES string of the molecule is CNc1cnc(N2CCN(C(C)=O)CC2)c2c(C#N)cccc12. The van der Waals surface area contributed by atoms with Crippen LogP contribution < -0.4 is 10.2 Å². The van der Waals surface area contributed by atoms with Crippen LogP contribution in [0, 0.1) is 11.3 Å². The van der Waals surface area contributed by atoms with Crippen molar-refractivity contribution in [2.45, 2.75) is 6.92 Å². The van der Waals surface area contributed by atoms with E-state index in [-0.39, 0.29) is 5.91 Å². The minimum Gasteiger partial charge on any atom is -0.386 e. The van der Waals surface area contributed by atoms with E-state index in [9.17, 15) is 10.1 Å². The zero-order chi connectivity index (χ0) is 16.4. The molecule has 1 aliphatic heterocycles. The molecule has 1 fully saturated rings. The lowest BCUT2D eigenvalue weighted by molar-refractivity contribution is -0.129. The third-order valence-electron chi connectivity index (χ3n) is 4.31. The van der Waals surface area contributed by atoms with Crippen LogP contribution in [0.2, 0.25) is 0 Å². The van der Waals surface area contributed by atoms with E-state index >= 15 is 0 Å². The minimum absolute atomic E-state index is 0.103. The van der Waals surface area contributed by atoms with Crippen LogP contribution in [0.4, 0.5) is 11.5 Å². The zero-order valence-electron chi connectivity index (χ0n) is 13.3. The molecule has 1 aromatic carbocycles. The van der Waals surface area contributed by atoms with E-state index in [1.165, 1.54) is 0 Å². The molecule has 0 bridgehead atoms. The minimum atomic E-state index is 0.103. The highest BCUT2D eigenvalue weighted by Crippen LogP contribution is 2.33. The number of aromatic nitrogens is 1. The number of nitriles is 1. The topological polar surface area (TPSA) is 72.3 Å². The van der Waals surface area contributed by atoms with E-state index in [4.69, 9.17) is 0 Å². The Morgan fingerprint density at radius 1 is 1.30 bits per heavy atom. The Morgan fingerprint density at radius 2 is 2.04 bits per heavy atom. The monoisotopic (exact) mass is 309 g/mol. The quantitative estimate of drug-likeness (QED) is 0.916. The molecular weight excluding hydrogens is 290 g/mol. The van der Waals surface area contributed by atoms with Gasteiger partial charge in [-0.15, -0.1) is 0 Å². The van der Waals surface area contributed by atoms with Gasteiger partial charge in [0.15, 0.2) is 0 Å². The fourth-order valence-electron chi connectivity index (χ4n) is 3.04. The molecule has 23 heavy (non-hydrogen) atoms. The number of anilines is 2. The predicted octanol–water partition coefficient (Wildman–Crippen LogP) is 1.82. The molecule has 6 nitrogen and oxygen atoms in total. The molecule has 6 heteroatoms. The fraction of sp³-hybridized carbons (Fsp3) is 0.353. The van der Waals surface area contributed by atoms with Crippen LogP contribution in [-0.2, 0) is 4.79 Å². The predicted molar refractivity (Wildman–Crippen MR) is 90.5 cm³/mol. The third-order valence-corrected chi connectivity index (χ3v) is 4.31. The van der Waals surface area contributed by atoms with E-state index in [0.717, 1.165) is 35.4 Å². The molecule has 1 aliphatic rings. The molecule has 0 radical (unpaired) electrons. The molecule has 1 N–H and O–H groups in total. The van der Waals surface area contributed by atoms with Gasteiger partial charge in [0, 0.05) is 50.9 Å². The van der Waals surface area contributed by atoms with Crippen molar-refractivity contribution in [1.29, 1.82) is 5.26 Å². The van der Waals surface area contributed by atoms with Crippen molar-refractivity contribution in [3.63, 3.8) is 0 Å². The average Bonchev–Trinajstić information content (AvgIpc) is 2.60. The summed E-state index contributed by atoms with van der Waals surface area (Å²) in [6.45, 7) is 4.40. The van der Waals surface area contributed by atoms with Crippen LogP contribution in [0.25, 0.3) is 10.8 Å². The third kappa shape index (κ3) is 2.66. The molecule has 0 spiro atoms. The first-order chi connectivity index (χ1) is 11.2. The summed E-state index contributed by atoms with van der Waals surface area (Å²) < 4.78 is 0. The Hall–Kier alpha value is -2.81. The van der Waals surface area contributed by atoms with Crippen molar-refractivity contribution in [3.8, 4) is 6.07 Å². The van der Waals surface area contributed by atoms with Crippen LogP contribution in [0.15, 0.2) is 24.4 Å². The number of hydrogen-bond acceptors (Lipinski definition) is 5. The molecule has 2 aromatic rings. The van der Waals surface area contributed by atoms with Gasteiger partial charge in [-0.25, -0.2) is 4.98 Å². The Kier molecular flexibility index (Phi) is 4.02. The van der Waals surface area contributed by atoms with Crippen molar-refractivity contribution >= 4 is 28.2 Å². The molecule has 1 aromatic heterocycles. The Labute approximate surface area is 135 Å². The van der Waals surface area contributed by atoms with Gasteiger partial charge in [0.25, 0.3) is 0 Å². The highest BCUT2D eigenvalue weighted by molar-refractivity contribution is 6.03. The fourth-order valence-corrected chi connectivity index (χ4v) is 3.04. The standard InChI is InChI=1S/C17H19N5O/c1-12(23)21-6-8-22(9-7-21)17-16-13(10-18)4-3-5-14(16)15(19-2)11-20-17/h3-5,11,19H,6-9H2,1-2H3. The molecular formula is C17H19N5O. The second kappa shape index (κ2) is 6.13. The summed E-state index contributed by atoms with van der Waals surface area (Å²) in [6, 6.07) is 7.97. The number of fused-ring (bicyclic) bond motifs is 1. The lowest BCUT2D eigenvalue weighted by Crippen LogP contribution is -2.48. The first-order valence-electron chi connectivity index (χ1n) is 7.65. The summed E-state index contributed by atoms with van der Waals surface area (Å²) in [5.41, 5.74) is 1.53. The van der Waals surface area contributed by atoms with Gasteiger partial charge < -0.3 is 15.1 Å². The van der Waals surface area contributed by atoms with Gasteiger partial charge in [-0.1, -0.05) is 12.1 Å². The van der Waals surface area contributed by atoms with Crippen molar-refractivity contribution in [2.75, 3.05) is 43.4 Å². The van der Waals surface area contributed by atoms with Gasteiger partial charge in [-0.05, 0) is 6.07 Å². The van der Waals surface area contributed by atoms with Crippen molar-refractivity contribution < 1.29 is 4.79 Å². The lowest BCUT2D eigenvalue weighted by atomic mass is 10.0. The Balaban J connectivity index is 2.05. The van der Waals surface area contributed by atoms with E-state index < -0.39 is 0 Å². The summed E-state index contributed by atoms with van der Waals surface area (Å²) in [7, 11) is 1.85. The molecule has 0 unspecified atom stereocenters. The van der Waals surface area contributed by atoms with E-state index in [2.05, 4.69) is 21.3 Å². The maximum atomic E-state index is 11.5. The average molecular weight is 309 g/mol. The molecule has 118 valence electrons. The van der Waals surface area contributed by atoms with Gasteiger partial charge >= 0.3 is 0 Å². The number of nitrogens with one attached hydrogen (secondary N) is 1.